The molecule has 0 amide bonds. The SMILES string of the molecule is O=C1OCC2C3CC(C12)C1C2CC(CC2O)C31. The number of carbonyl (C=O) groups excluding carboxylic acids is 1. The monoisotopic (exact) mass is 234 g/mol. The molecule has 4 bridgehead atoms. The Morgan fingerprint density at radius 3 is 2.76 bits per heavy atom. The van der Waals surface area contributed by atoms with Crippen molar-refractivity contribution < 1.29 is 14.6 Å². The van der Waals surface area contributed by atoms with Gasteiger partial charge in [-0.05, 0) is 54.8 Å². The highest BCUT2D eigenvalue weighted by molar-refractivity contribution is 5.76. The molecule has 5 fully saturated rings. The number of carbonyl (C=O) groups is 1. The molecule has 0 aromatic carbocycles. The van der Waals surface area contributed by atoms with Crippen LogP contribution in [0.5, 0.6) is 0 Å². The van der Waals surface area contributed by atoms with E-state index in [1.54, 1.807) is 0 Å². The molecule has 0 radical (unpaired) electrons. The number of esters is 1. The first-order chi connectivity index (χ1) is 8.25. The third-order valence-corrected chi connectivity index (χ3v) is 6.79. The number of hydrogen-bond donors (Lipinski definition) is 1. The Morgan fingerprint density at radius 2 is 1.88 bits per heavy atom. The second-order valence-electron chi connectivity index (χ2n) is 7.00. The number of ether oxygens (including phenoxy) is 1. The standard InChI is InChI=1S/C14H18O3/c15-10-2-5-1-7(10)12-8-3-6(11(5)12)9-4-17-14(16)13(8)9/h5-13,15H,1-4H2. The van der Waals surface area contributed by atoms with E-state index in [-0.39, 0.29) is 18.0 Å². The smallest absolute Gasteiger partial charge is 0.309 e. The molecule has 0 spiro atoms. The first-order valence-electron chi connectivity index (χ1n) is 7.10. The summed E-state index contributed by atoms with van der Waals surface area (Å²) >= 11 is 0. The van der Waals surface area contributed by atoms with E-state index in [4.69, 9.17) is 4.74 Å². The van der Waals surface area contributed by atoms with Gasteiger partial charge in [-0.15, -0.1) is 0 Å². The molecule has 9 atom stereocenters. The second-order valence-corrected chi connectivity index (χ2v) is 7.00. The number of cyclic esters (lactones) is 1. The van der Waals surface area contributed by atoms with Crippen molar-refractivity contribution >= 4 is 5.97 Å². The van der Waals surface area contributed by atoms with E-state index in [0.717, 1.165) is 24.2 Å². The Kier molecular flexibility index (Phi) is 1.49. The maximum absolute atomic E-state index is 11.8. The highest BCUT2D eigenvalue weighted by Crippen LogP contribution is 2.71. The number of aliphatic hydroxyl groups excluding tert-OH is 1. The molecule has 4 aliphatic carbocycles. The van der Waals surface area contributed by atoms with Gasteiger partial charge in [0.05, 0.1) is 18.6 Å². The molecule has 92 valence electrons. The largest absolute Gasteiger partial charge is 0.465 e. The van der Waals surface area contributed by atoms with Crippen LogP contribution in [-0.4, -0.2) is 23.8 Å². The maximum atomic E-state index is 11.8. The predicted octanol–water partition coefficient (Wildman–Crippen LogP) is 1.06. The molecular weight excluding hydrogens is 216 g/mol. The summed E-state index contributed by atoms with van der Waals surface area (Å²) < 4.78 is 5.28. The molecule has 5 rings (SSSR count). The van der Waals surface area contributed by atoms with Crippen molar-refractivity contribution in [2.75, 3.05) is 6.61 Å². The average Bonchev–Trinajstić information content (AvgIpc) is 2.99. The lowest BCUT2D eigenvalue weighted by molar-refractivity contribution is -0.143. The van der Waals surface area contributed by atoms with Gasteiger partial charge >= 0.3 is 5.97 Å². The molecule has 1 aliphatic heterocycles. The highest BCUT2D eigenvalue weighted by atomic mass is 16.5. The van der Waals surface area contributed by atoms with Gasteiger partial charge in [0.1, 0.15) is 0 Å². The van der Waals surface area contributed by atoms with Crippen LogP contribution in [0, 0.1) is 47.3 Å². The number of fused-ring (bicyclic) bond motifs is 12. The quantitative estimate of drug-likeness (QED) is 0.503. The summed E-state index contributed by atoms with van der Waals surface area (Å²) in [5, 5.41) is 10.1. The average molecular weight is 234 g/mol. The lowest BCUT2D eigenvalue weighted by atomic mass is 9.63. The fourth-order valence-electron chi connectivity index (χ4n) is 6.56. The van der Waals surface area contributed by atoms with Gasteiger partial charge in [-0.3, -0.25) is 4.79 Å². The fourth-order valence-corrected chi connectivity index (χ4v) is 6.56. The zero-order valence-electron chi connectivity index (χ0n) is 9.79. The summed E-state index contributed by atoms with van der Waals surface area (Å²) in [6, 6.07) is 0. The summed E-state index contributed by atoms with van der Waals surface area (Å²) in [5.74, 6) is 4.83. The lowest BCUT2D eigenvalue weighted by Crippen LogP contribution is -2.42. The van der Waals surface area contributed by atoms with Crippen molar-refractivity contribution in [3.8, 4) is 0 Å². The highest BCUT2D eigenvalue weighted by Gasteiger charge is 2.70. The Balaban J connectivity index is 1.58. The van der Waals surface area contributed by atoms with Gasteiger partial charge in [-0.2, -0.15) is 0 Å². The Morgan fingerprint density at radius 1 is 1.00 bits per heavy atom. The Hall–Kier alpha value is -0.570. The topological polar surface area (TPSA) is 46.5 Å². The first kappa shape index (κ1) is 9.37. The minimum absolute atomic E-state index is 0.0678. The van der Waals surface area contributed by atoms with Crippen molar-refractivity contribution in [1.29, 1.82) is 0 Å². The van der Waals surface area contributed by atoms with Crippen molar-refractivity contribution in [3.63, 3.8) is 0 Å². The van der Waals surface area contributed by atoms with E-state index in [0.29, 0.717) is 30.3 Å². The molecule has 1 heterocycles. The van der Waals surface area contributed by atoms with Gasteiger partial charge in [-0.1, -0.05) is 0 Å². The van der Waals surface area contributed by atoms with Crippen LogP contribution >= 0.6 is 0 Å². The number of hydrogen-bond acceptors (Lipinski definition) is 3. The van der Waals surface area contributed by atoms with Gasteiger partial charge in [-0.25, -0.2) is 0 Å². The zero-order chi connectivity index (χ0) is 11.3. The van der Waals surface area contributed by atoms with Crippen LogP contribution in [0.15, 0.2) is 0 Å². The molecule has 17 heavy (non-hydrogen) atoms. The van der Waals surface area contributed by atoms with Gasteiger partial charge in [0.2, 0.25) is 0 Å². The van der Waals surface area contributed by atoms with Crippen LogP contribution in [0.3, 0.4) is 0 Å². The van der Waals surface area contributed by atoms with Crippen LogP contribution in [0.25, 0.3) is 0 Å². The van der Waals surface area contributed by atoms with Gasteiger partial charge in [0, 0.05) is 5.92 Å². The van der Waals surface area contributed by atoms with E-state index in [1.165, 1.54) is 12.8 Å². The Labute approximate surface area is 101 Å². The molecular formula is C14H18O3. The molecule has 1 saturated heterocycles. The minimum atomic E-state index is -0.0727. The van der Waals surface area contributed by atoms with E-state index in [2.05, 4.69) is 0 Å². The predicted molar refractivity (Wildman–Crippen MR) is 58.7 cm³/mol. The van der Waals surface area contributed by atoms with E-state index >= 15 is 0 Å². The third-order valence-electron chi connectivity index (χ3n) is 6.79. The molecule has 1 N–H and O–H groups in total. The summed E-state index contributed by atoms with van der Waals surface area (Å²) in [7, 11) is 0. The summed E-state index contributed by atoms with van der Waals surface area (Å²) in [6.45, 7) is 0.688. The van der Waals surface area contributed by atoms with E-state index in [1.807, 2.05) is 0 Å². The van der Waals surface area contributed by atoms with Crippen LogP contribution < -0.4 is 0 Å². The van der Waals surface area contributed by atoms with Crippen molar-refractivity contribution in [2.24, 2.45) is 47.3 Å². The van der Waals surface area contributed by atoms with Gasteiger partial charge in [0.15, 0.2) is 0 Å². The van der Waals surface area contributed by atoms with Crippen molar-refractivity contribution in [3.05, 3.63) is 0 Å². The maximum Gasteiger partial charge on any atom is 0.309 e. The first-order valence-corrected chi connectivity index (χ1v) is 7.10. The van der Waals surface area contributed by atoms with Crippen molar-refractivity contribution in [1.82, 2.24) is 0 Å². The van der Waals surface area contributed by atoms with Gasteiger partial charge in [0.25, 0.3) is 0 Å². The molecule has 3 heteroatoms. The fraction of sp³-hybridized carbons (Fsp3) is 0.929. The van der Waals surface area contributed by atoms with Crippen LogP contribution in [-0.2, 0) is 9.53 Å². The second kappa shape index (κ2) is 2.71. The van der Waals surface area contributed by atoms with Crippen LogP contribution in [0.1, 0.15) is 19.3 Å². The minimum Gasteiger partial charge on any atom is -0.465 e. The Bertz CT molecular complexity index is 406. The molecule has 0 aromatic rings. The molecule has 5 aliphatic rings. The summed E-state index contributed by atoms with van der Waals surface area (Å²) in [5.41, 5.74) is 0. The van der Waals surface area contributed by atoms with Gasteiger partial charge < -0.3 is 9.84 Å². The lowest BCUT2D eigenvalue weighted by Gasteiger charge is -2.40. The van der Waals surface area contributed by atoms with Crippen molar-refractivity contribution in [2.45, 2.75) is 25.4 Å². The number of rotatable bonds is 0. The molecule has 9 unspecified atom stereocenters. The van der Waals surface area contributed by atoms with E-state index in [9.17, 15) is 9.90 Å². The number of aliphatic hydroxyl groups is 1. The normalized spacial score (nSPS) is 66.2. The molecule has 3 nitrogen and oxygen atoms in total. The molecule has 4 saturated carbocycles. The van der Waals surface area contributed by atoms with Crippen LogP contribution in [0.4, 0.5) is 0 Å². The zero-order valence-corrected chi connectivity index (χ0v) is 9.79. The third kappa shape index (κ3) is 0.874. The molecule has 0 aromatic heterocycles. The summed E-state index contributed by atoms with van der Waals surface area (Å²) in [4.78, 5) is 11.8. The van der Waals surface area contributed by atoms with Crippen LogP contribution in [0.2, 0.25) is 0 Å². The summed E-state index contributed by atoms with van der Waals surface area (Å²) in [6.07, 6.45) is 3.44. The van der Waals surface area contributed by atoms with E-state index < -0.39 is 0 Å².